The van der Waals surface area contributed by atoms with Gasteiger partial charge < -0.3 is 10.3 Å². The first-order valence-corrected chi connectivity index (χ1v) is 10.0. The Balaban J connectivity index is 1.78. The summed E-state index contributed by atoms with van der Waals surface area (Å²) in [4.78, 5) is 20.3. The molecule has 2 aromatic carbocycles. The zero-order valence-corrected chi connectivity index (χ0v) is 15.8. The van der Waals surface area contributed by atoms with Crippen LogP contribution < -0.4 is 5.32 Å². The number of para-hydroxylation sites is 2. The Morgan fingerprint density at radius 3 is 2.85 bits per heavy atom. The monoisotopic (exact) mass is 391 g/mol. The van der Waals surface area contributed by atoms with Crippen molar-refractivity contribution in [2.75, 3.05) is 12.0 Å². The smallest absolute Gasteiger partial charge is 0.225 e. The number of nitrogens with one attached hydrogen (secondary N) is 2. The third kappa shape index (κ3) is 4.37. The molecule has 0 aliphatic carbocycles. The van der Waals surface area contributed by atoms with E-state index < -0.39 is 5.82 Å². The molecule has 0 radical (unpaired) electrons. The minimum absolute atomic E-state index is 0.110. The largest absolute Gasteiger partial charge is 0.346 e. The van der Waals surface area contributed by atoms with E-state index in [1.807, 2.05) is 30.5 Å². The number of fused-ring (bicyclic) bond motifs is 1. The normalized spacial score (nSPS) is 12.3. The minimum atomic E-state index is -0.475. The van der Waals surface area contributed by atoms with Gasteiger partial charge in [0, 0.05) is 10.6 Å². The molecule has 3 aromatic rings. The Bertz CT molecular complexity index is 861. The summed E-state index contributed by atoms with van der Waals surface area (Å²) in [6, 6.07) is 11.8. The van der Waals surface area contributed by atoms with Crippen LogP contribution in [0.15, 0.2) is 42.5 Å². The van der Waals surface area contributed by atoms with E-state index in [1.165, 1.54) is 12.1 Å². The van der Waals surface area contributed by atoms with Crippen molar-refractivity contribution in [3.05, 3.63) is 64.7 Å². The summed E-state index contributed by atoms with van der Waals surface area (Å²) >= 11 is 7.72. The number of aromatic amines is 1. The number of rotatable bonds is 7. The number of halogens is 2. The summed E-state index contributed by atoms with van der Waals surface area (Å²) < 4.78 is 13.9. The minimum Gasteiger partial charge on any atom is -0.346 e. The molecule has 136 valence electrons. The number of amides is 1. The van der Waals surface area contributed by atoms with Crippen LogP contribution in [-0.4, -0.2) is 27.9 Å². The summed E-state index contributed by atoms with van der Waals surface area (Å²) in [5, 5.41) is 3.21. The Morgan fingerprint density at radius 1 is 1.31 bits per heavy atom. The molecule has 1 amide bonds. The summed E-state index contributed by atoms with van der Waals surface area (Å²) in [6.45, 7) is 0. The molecule has 1 aromatic heterocycles. The number of aromatic nitrogens is 2. The summed E-state index contributed by atoms with van der Waals surface area (Å²) in [5.74, 6) is 0.802. The summed E-state index contributed by atoms with van der Waals surface area (Å²) in [6.07, 6.45) is 2.62. The average Bonchev–Trinajstić information content (AvgIpc) is 3.06. The lowest BCUT2D eigenvalue weighted by atomic mass is 10.1. The molecule has 0 aliphatic rings. The van der Waals surface area contributed by atoms with Crippen molar-refractivity contribution in [2.24, 2.45) is 0 Å². The van der Waals surface area contributed by atoms with Gasteiger partial charge in [-0.2, -0.15) is 11.8 Å². The van der Waals surface area contributed by atoms with Crippen LogP contribution in [-0.2, 0) is 11.2 Å². The second-order valence-electron chi connectivity index (χ2n) is 5.92. The van der Waals surface area contributed by atoms with Crippen LogP contribution in [0.2, 0.25) is 5.02 Å². The van der Waals surface area contributed by atoms with E-state index >= 15 is 0 Å². The second-order valence-corrected chi connectivity index (χ2v) is 7.31. The van der Waals surface area contributed by atoms with Gasteiger partial charge in [-0.1, -0.05) is 29.8 Å². The number of hydrogen-bond acceptors (Lipinski definition) is 3. The summed E-state index contributed by atoms with van der Waals surface area (Å²) in [5.41, 5.74) is 1.98. The number of carbonyl (C=O) groups is 1. The molecule has 0 unspecified atom stereocenters. The van der Waals surface area contributed by atoms with Crippen molar-refractivity contribution in [3.63, 3.8) is 0 Å². The molecule has 3 rings (SSSR count). The molecule has 1 atom stereocenters. The van der Waals surface area contributed by atoms with Gasteiger partial charge in [0.1, 0.15) is 11.6 Å². The molecule has 0 fully saturated rings. The lowest BCUT2D eigenvalue weighted by Gasteiger charge is -2.17. The molecule has 1 heterocycles. The van der Waals surface area contributed by atoms with Gasteiger partial charge in [0.15, 0.2) is 0 Å². The van der Waals surface area contributed by atoms with Crippen LogP contribution in [0.5, 0.6) is 0 Å². The molecule has 26 heavy (non-hydrogen) atoms. The van der Waals surface area contributed by atoms with Crippen molar-refractivity contribution < 1.29 is 9.18 Å². The van der Waals surface area contributed by atoms with E-state index in [9.17, 15) is 9.18 Å². The topological polar surface area (TPSA) is 57.8 Å². The van der Waals surface area contributed by atoms with E-state index in [1.54, 1.807) is 17.8 Å². The highest BCUT2D eigenvalue weighted by atomic mass is 35.5. The van der Waals surface area contributed by atoms with Crippen molar-refractivity contribution in [3.8, 4) is 0 Å². The number of imidazole rings is 1. The van der Waals surface area contributed by atoms with E-state index in [0.717, 1.165) is 23.2 Å². The van der Waals surface area contributed by atoms with Gasteiger partial charge in [0.25, 0.3) is 0 Å². The lowest BCUT2D eigenvalue weighted by Crippen LogP contribution is -2.31. The SMILES string of the molecule is CSCC[C@@H](NC(=O)Cc1c(F)cccc1Cl)c1nc2ccccc2[nH]1. The Morgan fingerprint density at radius 2 is 2.12 bits per heavy atom. The third-order valence-corrected chi connectivity index (χ3v) is 5.08. The molecular formula is C19H19ClFN3OS. The van der Waals surface area contributed by atoms with Gasteiger partial charge in [-0.25, -0.2) is 9.37 Å². The molecule has 0 aliphatic heterocycles. The maximum Gasteiger partial charge on any atom is 0.225 e. The molecule has 2 N–H and O–H groups in total. The fourth-order valence-electron chi connectivity index (χ4n) is 2.76. The quantitative estimate of drug-likeness (QED) is 0.623. The molecule has 0 saturated heterocycles. The number of carbonyl (C=O) groups excluding carboxylic acids is 1. The Hall–Kier alpha value is -2.05. The maximum atomic E-state index is 13.9. The van der Waals surface area contributed by atoms with E-state index in [2.05, 4.69) is 15.3 Å². The van der Waals surface area contributed by atoms with Gasteiger partial charge in [0.2, 0.25) is 5.91 Å². The highest BCUT2D eigenvalue weighted by Crippen LogP contribution is 2.22. The average molecular weight is 392 g/mol. The van der Waals surface area contributed by atoms with Crippen LogP contribution in [0.3, 0.4) is 0 Å². The fourth-order valence-corrected chi connectivity index (χ4v) is 3.46. The Labute approximate surface area is 160 Å². The zero-order chi connectivity index (χ0) is 18.5. The maximum absolute atomic E-state index is 13.9. The van der Waals surface area contributed by atoms with Gasteiger partial charge in [-0.3, -0.25) is 4.79 Å². The molecule has 0 bridgehead atoms. The number of hydrogen-bond donors (Lipinski definition) is 2. The fraction of sp³-hybridized carbons (Fsp3) is 0.263. The highest BCUT2D eigenvalue weighted by Gasteiger charge is 2.20. The van der Waals surface area contributed by atoms with Gasteiger partial charge in [0.05, 0.1) is 23.5 Å². The Kier molecular flexibility index (Phi) is 6.16. The van der Waals surface area contributed by atoms with E-state index in [-0.39, 0.29) is 29.0 Å². The summed E-state index contributed by atoms with van der Waals surface area (Å²) in [7, 11) is 0. The molecule has 7 heteroatoms. The predicted octanol–water partition coefficient (Wildman–Crippen LogP) is 4.51. The number of thioether (sulfide) groups is 1. The van der Waals surface area contributed by atoms with Crippen LogP contribution in [0.25, 0.3) is 11.0 Å². The van der Waals surface area contributed by atoms with Gasteiger partial charge in [-0.05, 0) is 42.7 Å². The van der Waals surface area contributed by atoms with Crippen molar-refractivity contribution in [2.45, 2.75) is 18.9 Å². The first kappa shape index (κ1) is 18.7. The third-order valence-electron chi connectivity index (χ3n) is 4.08. The zero-order valence-electron chi connectivity index (χ0n) is 14.3. The van der Waals surface area contributed by atoms with Crippen molar-refractivity contribution in [1.82, 2.24) is 15.3 Å². The number of H-pyrrole nitrogens is 1. The predicted molar refractivity (Wildman–Crippen MR) is 105 cm³/mol. The van der Waals surface area contributed by atoms with Crippen LogP contribution in [0, 0.1) is 5.82 Å². The molecule has 0 spiro atoms. The van der Waals surface area contributed by atoms with Crippen LogP contribution >= 0.6 is 23.4 Å². The van der Waals surface area contributed by atoms with Gasteiger partial charge in [-0.15, -0.1) is 0 Å². The van der Waals surface area contributed by atoms with Gasteiger partial charge >= 0.3 is 0 Å². The number of benzene rings is 2. The van der Waals surface area contributed by atoms with E-state index in [0.29, 0.717) is 5.82 Å². The lowest BCUT2D eigenvalue weighted by molar-refractivity contribution is -0.121. The standard InChI is InChI=1S/C19H19ClFN3OS/c1-26-10-9-17(19-23-15-7-2-3-8-16(15)24-19)22-18(25)11-12-13(20)5-4-6-14(12)21/h2-8,17H,9-11H2,1H3,(H,22,25)(H,23,24)/t17-/m1/s1. The first-order valence-electron chi connectivity index (χ1n) is 8.24. The molecule has 4 nitrogen and oxygen atoms in total. The van der Waals surface area contributed by atoms with Crippen LogP contribution in [0.4, 0.5) is 4.39 Å². The van der Waals surface area contributed by atoms with E-state index in [4.69, 9.17) is 11.6 Å². The number of nitrogens with zero attached hydrogens (tertiary/aromatic N) is 1. The highest BCUT2D eigenvalue weighted by molar-refractivity contribution is 7.98. The molecule has 0 saturated carbocycles. The van der Waals surface area contributed by atoms with Crippen molar-refractivity contribution >= 4 is 40.3 Å². The van der Waals surface area contributed by atoms with Crippen LogP contribution in [0.1, 0.15) is 23.9 Å². The van der Waals surface area contributed by atoms with Crippen molar-refractivity contribution in [1.29, 1.82) is 0 Å². The second kappa shape index (κ2) is 8.56. The molecular weight excluding hydrogens is 373 g/mol. The first-order chi connectivity index (χ1) is 12.6.